The second kappa shape index (κ2) is 5.83. The largest absolute Gasteiger partial charge is 0.378 e. The first kappa shape index (κ1) is 12.8. The minimum Gasteiger partial charge on any atom is -0.378 e. The van der Waals surface area contributed by atoms with E-state index in [1.54, 1.807) is 0 Å². The molecule has 1 heterocycles. The van der Waals surface area contributed by atoms with Crippen molar-refractivity contribution < 1.29 is 9.53 Å². The normalized spacial score (nSPS) is 30.2. The van der Waals surface area contributed by atoms with Gasteiger partial charge >= 0.3 is 0 Å². The Morgan fingerprint density at radius 1 is 1.47 bits per heavy atom. The van der Waals surface area contributed by atoms with Gasteiger partial charge in [0.1, 0.15) is 0 Å². The maximum atomic E-state index is 11.7. The summed E-state index contributed by atoms with van der Waals surface area (Å²) in [6.07, 6.45) is 5.29. The standard InChI is InChI=1S/C13H24N2O2/c1-2-12-10(5-6-17-12)8-15-13(16)7-11(14)9-3-4-9/h9-12H,2-8,14H2,1H3,(H,15,16). The lowest BCUT2D eigenvalue weighted by Gasteiger charge is -2.18. The van der Waals surface area contributed by atoms with E-state index in [1.807, 2.05) is 0 Å². The van der Waals surface area contributed by atoms with E-state index in [-0.39, 0.29) is 11.9 Å². The third-order valence-electron chi connectivity index (χ3n) is 3.96. The summed E-state index contributed by atoms with van der Waals surface area (Å²) in [5, 5.41) is 3.00. The van der Waals surface area contributed by atoms with Crippen molar-refractivity contribution in [2.45, 2.75) is 51.2 Å². The van der Waals surface area contributed by atoms with E-state index in [1.165, 1.54) is 12.8 Å². The number of hydrogen-bond acceptors (Lipinski definition) is 3. The smallest absolute Gasteiger partial charge is 0.221 e. The van der Waals surface area contributed by atoms with Crippen LogP contribution >= 0.6 is 0 Å². The van der Waals surface area contributed by atoms with E-state index in [9.17, 15) is 4.79 Å². The van der Waals surface area contributed by atoms with Crippen molar-refractivity contribution in [3.63, 3.8) is 0 Å². The van der Waals surface area contributed by atoms with Gasteiger partial charge < -0.3 is 15.8 Å². The van der Waals surface area contributed by atoms with Crippen molar-refractivity contribution in [3.8, 4) is 0 Å². The molecule has 3 unspecified atom stereocenters. The van der Waals surface area contributed by atoms with Crippen LogP contribution in [0.4, 0.5) is 0 Å². The van der Waals surface area contributed by atoms with E-state index >= 15 is 0 Å². The molecule has 4 nitrogen and oxygen atoms in total. The highest BCUT2D eigenvalue weighted by Crippen LogP contribution is 2.32. The SMILES string of the molecule is CCC1OCCC1CNC(=O)CC(N)C1CC1. The Morgan fingerprint density at radius 2 is 2.24 bits per heavy atom. The molecule has 0 bridgehead atoms. The van der Waals surface area contributed by atoms with Gasteiger partial charge in [0.25, 0.3) is 0 Å². The third-order valence-corrected chi connectivity index (χ3v) is 3.96. The van der Waals surface area contributed by atoms with Gasteiger partial charge in [-0.3, -0.25) is 4.79 Å². The van der Waals surface area contributed by atoms with Crippen LogP contribution in [0.3, 0.4) is 0 Å². The third kappa shape index (κ3) is 3.68. The molecule has 3 atom stereocenters. The quantitative estimate of drug-likeness (QED) is 0.729. The predicted molar refractivity (Wildman–Crippen MR) is 66.5 cm³/mol. The van der Waals surface area contributed by atoms with E-state index in [4.69, 9.17) is 10.5 Å². The Balaban J connectivity index is 1.64. The van der Waals surface area contributed by atoms with Crippen LogP contribution in [0.5, 0.6) is 0 Å². The fraction of sp³-hybridized carbons (Fsp3) is 0.923. The molecule has 0 aromatic heterocycles. The first-order valence-corrected chi connectivity index (χ1v) is 6.84. The molecule has 2 rings (SSSR count). The van der Waals surface area contributed by atoms with Gasteiger partial charge in [0.05, 0.1) is 6.10 Å². The maximum Gasteiger partial charge on any atom is 0.221 e. The Labute approximate surface area is 103 Å². The lowest BCUT2D eigenvalue weighted by Crippen LogP contribution is -2.37. The van der Waals surface area contributed by atoms with E-state index in [0.29, 0.717) is 24.4 Å². The molecule has 1 amide bonds. The van der Waals surface area contributed by atoms with Crippen molar-refractivity contribution >= 4 is 5.91 Å². The molecule has 1 aliphatic carbocycles. The molecular formula is C13H24N2O2. The molecule has 2 fully saturated rings. The highest BCUT2D eigenvalue weighted by molar-refractivity contribution is 5.76. The minimum atomic E-state index is 0.0665. The Kier molecular flexibility index (Phi) is 4.40. The van der Waals surface area contributed by atoms with Crippen LogP contribution in [-0.4, -0.2) is 31.2 Å². The molecule has 4 heteroatoms. The monoisotopic (exact) mass is 240 g/mol. The summed E-state index contributed by atoms with van der Waals surface area (Å²) >= 11 is 0. The van der Waals surface area contributed by atoms with Crippen LogP contribution < -0.4 is 11.1 Å². The van der Waals surface area contributed by atoms with Gasteiger partial charge in [-0.05, 0) is 31.6 Å². The van der Waals surface area contributed by atoms with E-state index in [0.717, 1.165) is 26.0 Å². The number of amides is 1. The van der Waals surface area contributed by atoms with Crippen molar-refractivity contribution in [2.75, 3.05) is 13.2 Å². The fourth-order valence-corrected chi connectivity index (χ4v) is 2.60. The molecule has 1 aliphatic heterocycles. The minimum absolute atomic E-state index is 0.0665. The first-order chi connectivity index (χ1) is 8.20. The highest BCUT2D eigenvalue weighted by Gasteiger charge is 2.30. The molecule has 17 heavy (non-hydrogen) atoms. The number of nitrogens with one attached hydrogen (secondary N) is 1. The first-order valence-electron chi connectivity index (χ1n) is 6.84. The average Bonchev–Trinajstić information content (AvgIpc) is 3.06. The molecule has 1 saturated carbocycles. The molecule has 0 radical (unpaired) electrons. The molecule has 3 N–H and O–H groups in total. The van der Waals surface area contributed by atoms with Gasteiger partial charge in [-0.25, -0.2) is 0 Å². The number of rotatable bonds is 6. The number of carbonyl (C=O) groups excluding carboxylic acids is 1. The number of nitrogens with two attached hydrogens (primary N) is 1. The van der Waals surface area contributed by atoms with Gasteiger partial charge in [-0.2, -0.15) is 0 Å². The molecule has 98 valence electrons. The lowest BCUT2D eigenvalue weighted by atomic mass is 9.99. The van der Waals surface area contributed by atoms with Gasteiger partial charge in [0, 0.05) is 31.5 Å². The number of hydrogen-bond donors (Lipinski definition) is 2. The zero-order chi connectivity index (χ0) is 12.3. The predicted octanol–water partition coefficient (Wildman–Crippen LogP) is 1.05. The molecule has 0 aromatic carbocycles. The molecule has 0 aromatic rings. The van der Waals surface area contributed by atoms with Gasteiger partial charge in [0.2, 0.25) is 5.91 Å². The van der Waals surface area contributed by atoms with Gasteiger partial charge in [-0.1, -0.05) is 6.92 Å². The zero-order valence-electron chi connectivity index (χ0n) is 10.7. The fourth-order valence-electron chi connectivity index (χ4n) is 2.60. The summed E-state index contributed by atoms with van der Waals surface area (Å²) in [6, 6.07) is 0.0665. The summed E-state index contributed by atoms with van der Waals surface area (Å²) in [5.74, 6) is 1.19. The second-order valence-electron chi connectivity index (χ2n) is 5.38. The molecule has 0 spiro atoms. The van der Waals surface area contributed by atoms with Crippen LogP contribution in [0, 0.1) is 11.8 Å². The van der Waals surface area contributed by atoms with E-state index < -0.39 is 0 Å². The van der Waals surface area contributed by atoms with Crippen molar-refractivity contribution in [3.05, 3.63) is 0 Å². The van der Waals surface area contributed by atoms with Crippen LogP contribution in [0.15, 0.2) is 0 Å². The number of ether oxygens (including phenoxy) is 1. The molecule has 2 aliphatic rings. The Hall–Kier alpha value is -0.610. The molecule has 1 saturated heterocycles. The lowest BCUT2D eigenvalue weighted by molar-refractivity contribution is -0.121. The second-order valence-corrected chi connectivity index (χ2v) is 5.38. The van der Waals surface area contributed by atoms with Crippen molar-refractivity contribution in [1.82, 2.24) is 5.32 Å². The van der Waals surface area contributed by atoms with Crippen LogP contribution in [0.1, 0.15) is 39.0 Å². The summed E-state index contributed by atoms with van der Waals surface area (Å²) in [7, 11) is 0. The van der Waals surface area contributed by atoms with Crippen LogP contribution in [0.2, 0.25) is 0 Å². The summed E-state index contributed by atoms with van der Waals surface area (Å²) in [4.78, 5) is 11.7. The summed E-state index contributed by atoms with van der Waals surface area (Å²) in [5.41, 5.74) is 5.93. The van der Waals surface area contributed by atoms with E-state index in [2.05, 4.69) is 12.2 Å². The van der Waals surface area contributed by atoms with Crippen LogP contribution in [0.25, 0.3) is 0 Å². The number of carbonyl (C=O) groups is 1. The summed E-state index contributed by atoms with van der Waals surface area (Å²) < 4.78 is 5.60. The van der Waals surface area contributed by atoms with Gasteiger partial charge in [-0.15, -0.1) is 0 Å². The van der Waals surface area contributed by atoms with Gasteiger partial charge in [0.15, 0.2) is 0 Å². The van der Waals surface area contributed by atoms with Crippen LogP contribution in [-0.2, 0) is 9.53 Å². The van der Waals surface area contributed by atoms with Crippen molar-refractivity contribution in [2.24, 2.45) is 17.6 Å². The highest BCUT2D eigenvalue weighted by atomic mass is 16.5. The maximum absolute atomic E-state index is 11.7. The average molecular weight is 240 g/mol. The zero-order valence-corrected chi connectivity index (χ0v) is 10.7. The summed E-state index contributed by atoms with van der Waals surface area (Å²) in [6.45, 7) is 3.71. The Bertz CT molecular complexity index is 266. The Morgan fingerprint density at radius 3 is 2.88 bits per heavy atom. The topological polar surface area (TPSA) is 64.3 Å². The van der Waals surface area contributed by atoms with Crippen molar-refractivity contribution in [1.29, 1.82) is 0 Å². The molecular weight excluding hydrogens is 216 g/mol.